The summed E-state index contributed by atoms with van der Waals surface area (Å²) in [6, 6.07) is -0.625. The van der Waals surface area contributed by atoms with Crippen LogP contribution in [0.1, 0.15) is 27.7 Å². The van der Waals surface area contributed by atoms with Crippen molar-refractivity contribution in [1.29, 1.82) is 0 Å². The first-order valence-corrected chi connectivity index (χ1v) is 3.72. The third-order valence-electron chi connectivity index (χ3n) is 0.910. The van der Waals surface area contributed by atoms with Crippen LogP contribution in [0.25, 0.3) is 0 Å². The van der Waals surface area contributed by atoms with E-state index in [2.05, 4.69) is 5.32 Å². The van der Waals surface area contributed by atoms with Crippen LogP contribution >= 0.6 is 0 Å². The van der Waals surface area contributed by atoms with Crippen LogP contribution < -0.4 is 34.9 Å². The summed E-state index contributed by atoms with van der Waals surface area (Å²) in [6.45, 7) is 6.78. The molecule has 70 valence electrons. The fourth-order valence-corrected chi connectivity index (χ4v) is 0.514. The van der Waals surface area contributed by atoms with Gasteiger partial charge in [0.1, 0.15) is 5.60 Å². The van der Waals surface area contributed by atoms with Gasteiger partial charge in [-0.3, -0.25) is 0 Å². The van der Waals surface area contributed by atoms with Gasteiger partial charge in [0.2, 0.25) is 0 Å². The Kier molecular flexibility index (Phi) is 7.59. The molecule has 0 saturated heterocycles. The second-order valence-corrected chi connectivity index (χ2v) is 3.49. The Balaban J connectivity index is 0. The molecular formula is C8H14NNaO3. The van der Waals surface area contributed by atoms with E-state index in [-0.39, 0.29) is 29.6 Å². The second kappa shape index (κ2) is 6.40. The normalized spacial score (nSPS) is 12.3. The summed E-state index contributed by atoms with van der Waals surface area (Å²) in [7, 11) is 0. The predicted octanol–water partition coefficient (Wildman–Crippen LogP) is -1.99. The maximum atomic E-state index is 10.9. The zero-order chi connectivity index (χ0) is 9.78. The second-order valence-electron chi connectivity index (χ2n) is 3.49. The van der Waals surface area contributed by atoms with Crippen LogP contribution in [0, 0.1) is 0 Å². The fourth-order valence-electron chi connectivity index (χ4n) is 0.514. The molecule has 0 aromatic heterocycles. The number of carbonyl (C=O) groups excluding carboxylic acids is 2. The van der Waals surface area contributed by atoms with E-state index in [9.17, 15) is 9.59 Å². The number of rotatable bonds is 2. The predicted molar refractivity (Wildman–Crippen MR) is 44.5 cm³/mol. The van der Waals surface area contributed by atoms with E-state index in [1.54, 1.807) is 27.1 Å². The monoisotopic (exact) mass is 195 g/mol. The molecule has 0 rings (SSSR count). The standard InChI is InChI=1S/C8H14NO3.Na/c1-6(5-10)9-7(11)12-8(2,3)4;/h6H,1-4H3,(H,9,11);/q-1;+1/t6-;/m0./s1. The van der Waals surface area contributed by atoms with Gasteiger partial charge in [0.05, 0.1) is 0 Å². The van der Waals surface area contributed by atoms with Crippen molar-refractivity contribution in [3.05, 3.63) is 0 Å². The minimum absolute atomic E-state index is 0. The number of amides is 1. The molecular weight excluding hydrogens is 181 g/mol. The van der Waals surface area contributed by atoms with Crippen molar-refractivity contribution >= 4 is 12.4 Å². The summed E-state index contributed by atoms with van der Waals surface area (Å²) in [5.41, 5.74) is -0.535. The smallest absolute Gasteiger partial charge is 0.540 e. The topological polar surface area (TPSA) is 55.4 Å². The Morgan fingerprint density at radius 1 is 1.46 bits per heavy atom. The van der Waals surface area contributed by atoms with Crippen molar-refractivity contribution in [3.8, 4) is 0 Å². The summed E-state index contributed by atoms with van der Waals surface area (Å²) >= 11 is 0. The van der Waals surface area contributed by atoms with Gasteiger partial charge in [-0.25, -0.2) is 11.1 Å². The first kappa shape index (κ1) is 15.4. The molecule has 1 amide bonds. The van der Waals surface area contributed by atoms with Gasteiger partial charge in [0, 0.05) is 0 Å². The van der Waals surface area contributed by atoms with Gasteiger partial charge in [-0.05, 0) is 20.8 Å². The fraction of sp³-hybridized carbons (Fsp3) is 0.750. The Bertz CT molecular complexity index is 177. The van der Waals surface area contributed by atoms with Crippen molar-refractivity contribution in [1.82, 2.24) is 5.32 Å². The van der Waals surface area contributed by atoms with Gasteiger partial charge in [-0.1, -0.05) is 13.0 Å². The number of hydrogen-bond donors (Lipinski definition) is 1. The van der Waals surface area contributed by atoms with E-state index < -0.39 is 17.7 Å². The van der Waals surface area contributed by atoms with E-state index in [1.807, 2.05) is 0 Å². The van der Waals surface area contributed by atoms with Crippen LogP contribution in [0.4, 0.5) is 4.79 Å². The zero-order valence-electron chi connectivity index (χ0n) is 8.80. The minimum atomic E-state index is -0.625. The van der Waals surface area contributed by atoms with E-state index in [0.29, 0.717) is 0 Å². The van der Waals surface area contributed by atoms with Crippen molar-refractivity contribution in [2.24, 2.45) is 0 Å². The molecule has 0 unspecified atom stereocenters. The Labute approximate surface area is 101 Å². The van der Waals surface area contributed by atoms with Crippen LogP contribution in [0.5, 0.6) is 0 Å². The maximum absolute atomic E-state index is 10.9. The van der Waals surface area contributed by atoms with Gasteiger partial charge in [-0.15, -0.1) is 0 Å². The summed E-state index contributed by atoms with van der Waals surface area (Å²) in [6.07, 6.45) is 1.02. The summed E-state index contributed by atoms with van der Waals surface area (Å²) < 4.78 is 4.88. The van der Waals surface area contributed by atoms with Crippen molar-refractivity contribution < 1.29 is 43.9 Å². The molecule has 0 spiro atoms. The Morgan fingerprint density at radius 3 is 2.23 bits per heavy atom. The number of hydrogen-bond acceptors (Lipinski definition) is 3. The van der Waals surface area contributed by atoms with Crippen LogP contribution in [-0.2, 0) is 9.53 Å². The van der Waals surface area contributed by atoms with Gasteiger partial charge >= 0.3 is 35.7 Å². The van der Waals surface area contributed by atoms with Crippen molar-refractivity contribution in [2.45, 2.75) is 39.3 Å². The van der Waals surface area contributed by atoms with Gasteiger partial charge < -0.3 is 14.8 Å². The molecule has 4 nitrogen and oxygen atoms in total. The van der Waals surface area contributed by atoms with Crippen LogP contribution in [0.15, 0.2) is 0 Å². The quantitative estimate of drug-likeness (QED) is 0.410. The summed E-state index contributed by atoms with van der Waals surface area (Å²) in [5, 5.41) is 2.30. The first-order valence-electron chi connectivity index (χ1n) is 3.72. The molecule has 5 heteroatoms. The molecule has 0 fully saturated rings. The third kappa shape index (κ3) is 9.86. The van der Waals surface area contributed by atoms with Gasteiger partial charge in [0.25, 0.3) is 0 Å². The molecule has 0 aromatic carbocycles. The zero-order valence-corrected chi connectivity index (χ0v) is 10.8. The maximum Gasteiger partial charge on any atom is 1.00 e. The van der Waals surface area contributed by atoms with E-state index in [1.165, 1.54) is 6.92 Å². The number of nitrogens with one attached hydrogen (secondary N) is 1. The average molecular weight is 195 g/mol. The van der Waals surface area contributed by atoms with E-state index in [0.717, 1.165) is 0 Å². The minimum Gasteiger partial charge on any atom is -0.540 e. The summed E-state index contributed by atoms with van der Waals surface area (Å²) in [4.78, 5) is 20.9. The Hall–Kier alpha value is -0.0600. The molecule has 13 heavy (non-hydrogen) atoms. The largest absolute Gasteiger partial charge is 1.00 e. The molecule has 0 aliphatic heterocycles. The molecule has 0 aliphatic carbocycles. The van der Waals surface area contributed by atoms with Crippen LogP contribution in [-0.4, -0.2) is 24.0 Å². The molecule has 1 N–H and O–H groups in total. The third-order valence-corrected chi connectivity index (χ3v) is 0.910. The molecule has 0 aromatic rings. The number of alkyl carbamates (subject to hydrolysis) is 1. The van der Waals surface area contributed by atoms with Gasteiger partial charge in [-0.2, -0.15) is 0 Å². The molecule has 0 saturated carbocycles. The van der Waals surface area contributed by atoms with E-state index in [4.69, 9.17) is 4.74 Å². The van der Waals surface area contributed by atoms with Crippen LogP contribution in [0.3, 0.4) is 0 Å². The number of ether oxygens (including phenoxy) is 1. The van der Waals surface area contributed by atoms with Crippen molar-refractivity contribution in [3.63, 3.8) is 0 Å². The van der Waals surface area contributed by atoms with E-state index >= 15 is 0 Å². The van der Waals surface area contributed by atoms with Crippen molar-refractivity contribution in [2.75, 3.05) is 0 Å². The SMILES string of the molecule is C[C@@H]([C-]=O)NC(=O)OC(C)(C)C.[Na+]. The molecule has 1 atom stereocenters. The Morgan fingerprint density at radius 2 is 1.92 bits per heavy atom. The average Bonchev–Trinajstić information content (AvgIpc) is 1.82. The number of carbonyl (C=O) groups is 1. The molecule has 0 radical (unpaired) electrons. The molecule has 0 aliphatic rings. The molecule has 0 bridgehead atoms. The summed E-state index contributed by atoms with van der Waals surface area (Å²) in [5.74, 6) is 0. The van der Waals surface area contributed by atoms with Crippen LogP contribution in [0.2, 0.25) is 0 Å². The first-order chi connectivity index (χ1) is 5.35. The van der Waals surface area contributed by atoms with Gasteiger partial charge in [0.15, 0.2) is 0 Å². The molecule has 0 heterocycles.